The highest BCUT2D eigenvalue weighted by Gasteiger charge is 2.26. The number of likely N-dealkylation sites (N-methyl/N-ethyl adjacent to an activating group) is 1. The zero-order valence-electron chi connectivity index (χ0n) is 12.9. The van der Waals surface area contributed by atoms with Crippen LogP contribution in [0.3, 0.4) is 0 Å². The summed E-state index contributed by atoms with van der Waals surface area (Å²) in [6, 6.07) is 17.0. The van der Waals surface area contributed by atoms with Crippen molar-refractivity contribution in [3.05, 3.63) is 76.2 Å². The molecule has 0 fully saturated rings. The molecule has 0 amide bonds. The fourth-order valence-corrected chi connectivity index (χ4v) is 3.25. The SMILES string of the molecule is CN(C)CC1C=C2C(=c3ccccc3=Cc3ccccc32)O1. The van der Waals surface area contributed by atoms with Crippen molar-refractivity contribution in [1.29, 1.82) is 0 Å². The van der Waals surface area contributed by atoms with Crippen LogP contribution in [-0.4, -0.2) is 31.6 Å². The summed E-state index contributed by atoms with van der Waals surface area (Å²) in [6.07, 6.45) is 4.63. The van der Waals surface area contributed by atoms with Crippen LogP contribution in [-0.2, 0) is 4.74 Å². The first-order valence-electron chi connectivity index (χ1n) is 7.66. The Morgan fingerprint density at radius 3 is 2.64 bits per heavy atom. The van der Waals surface area contributed by atoms with Gasteiger partial charge in [0.15, 0.2) is 0 Å². The highest BCUT2D eigenvalue weighted by atomic mass is 16.5. The van der Waals surface area contributed by atoms with E-state index in [2.05, 4.69) is 79.7 Å². The molecule has 0 spiro atoms. The van der Waals surface area contributed by atoms with Gasteiger partial charge in [-0.3, -0.25) is 0 Å². The minimum atomic E-state index is 0.110. The van der Waals surface area contributed by atoms with Crippen LogP contribution in [0.4, 0.5) is 0 Å². The van der Waals surface area contributed by atoms with Crippen molar-refractivity contribution in [3.63, 3.8) is 0 Å². The van der Waals surface area contributed by atoms with E-state index in [1.807, 2.05) is 0 Å². The zero-order valence-corrected chi connectivity index (χ0v) is 12.9. The molecule has 2 nitrogen and oxygen atoms in total. The first-order valence-corrected chi connectivity index (χ1v) is 7.66. The number of rotatable bonds is 2. The molecule has 22 heavy (non-hydrogen) atoms. The van der Waals surface area contributed by atoms with Crippen LogP contribution in [0, 0.1) is 0 Å². The molecule has 0 N–H and O–H groups in total. The maximum absolute atomic E-state index is 6.30. The molecule has 110 valence electrons. The smallest absolute Gasteiger partial charge is 0.135 e. The minimum Gasteiger partial charge on any atom is -0.484 e. The molecule has 4 rings (SSSR count). The van der Waals surface area contributed by atoms with Gasteiger partial charge in [0.05, 0.1) is 0 Å². The van der Waals surface area contributed by atoms with Gasteiger partial charge in [-0.15, -0.1) is 0 Å². The largest absolute Gasteiger partial charge is 0.484 e. The number of hydrogen-bond acceptors (Lipinski definition) is 2. The van der Waals surface area contributed by atoms with Crippen molar-refractivity contribution in [1.82, 2.24) is 4.90 Å². The molecular weight excluding hydrogens is 270 g/mol. The van der Waals surface area contributed by atoms with Crippen molar-refractivity contribution >= 4 is 17.4 Å². The Hall–Kier alpha value is -2.32. The monoisotopic (exact) mass is 289 g/mol. The van der Waals surface area contributed by atoms with Gasteiger partial charge in [0.2, 0.25) is 0 Å². The Kier molecular flexibility index (Phi) is 3.12. The average Bonchev–Trinajstić information content (AvgIpc) is 2.85. The van der Waals surface area contributed by atoms with E-state index in [4.69, 9.17) is 4.74 Å². The van der Waals surface area contributed by atoms with Gasteiger partial charge in [-0.2, -0.15) is 0 Å². The number of fused-ring (bicyclic) bond motifs is 4. The topological polar surface area (TPSA) is 12.5 Å². The number of hydrogen-bond donors (Lipinski definition) is 0. The maximum Gasteiger partial charge on any atom is 0.135 e. The summed E-state index contributed by atoms with van der Waals surface area (Å²) < 4.78 is 6.30. The molecule has 2 aliphatic rings. The second-order valence-electron chi connectivity index (χ2n) is 6.15. The molecule has 0 bridgehead atoms. The first-order chi connectivity index (χ1) is 10.7. The Bertz CT molecular complexity index is 877. The summed E-state index contributed by atoms with van der Waals surface area (Å²) in [7, 11) is 4.16. The zero-order chi connectivity index (χ0) is 15.1. The van der Waals surface area contributed by atoms with E-state index in [0.717, 1.165) is 12.3 Å². The Morgan fingerprint density at radius 2 is 1.77 bits per heavy atom. The summed E-state index contributed by atoms with van der Waals surface area (Å²) in [5.74, 6) is 1.02. The van der Waals surface area contributed by atoms with E-state index in [0.29, 0.717) is 0 Å². The molecule has 2 aromatic carbocycles. The van der Waals surface area contributed by atoms with Crippen molar-refractivity contribution in [2.45, 2.75) is 6.10 Å². The maximum atomic E-state index is 6.30. The lowest BCUT2D eigenvalue weighted by Gasteiger charge is -2.15. The highest BCUT2D eigenvalue weighted by molar-refractivity contribution is 5.99. The minimum absolute atomic E-state index is 0.110. The van der Waals surface area contributed by atoms with Gasteiger partial charge < -0.3 is 9.64 Å². The molecule has 1 aliphatic heterocycles. The first kappa shape index (κ1) is 13.4. The Balaban J connectivity index is 1.99. The average molecular weight is 289 g/mol. The van der Waals surface area contributed by atoms with Crippen LogP contribution < -0.4 is 10.4 Å². The lowest BCUT2D eigenvalue weighted by molar-refractivity contribution is 0.182. The van der Waals surface area contributed by atoms with E-state index in [-0.39, 0.29) is 6.10 Å². The van der Waals surface area contributed by atoms with Crippen molar-refractivity contribution < 1.29 is 4.74 Å². The molecule has 1 aliphatic carbocycles. The van der Waals surface area contributed by atoms with Crippen LogP contribution in [0.2, 0.25) is 0 Å². The third-order valence-electron chi connectivity index (χ3n) is 4.18. The quantitative estimate of drug-likeness (QED) is 0.838. The lowest BCUT2D eigenvalue weighted by Crippen LogP contribution is -2.28. The van der Waals surface area contributed by atoms with Crippen LogP contribution in [0.15, 0.2) is 54.6 Å². The summed E-state index contributed by atoms with van der Waals surface area (Å²) in [5, 5.41) is 2.41. The normalized spacial score (nSPS) is 18.6. The summed E-state index contributed by atoms with van der Waals surface area (Å²) in [4.78, 5) is 2.16. The van der Waals surface area contributed by atoms with Gasteiger partial charge in [-0.1, -0.05) is 48.5 Å². The third-order valence-corrected chi connectivity index (χ3v) is 4.18. The highest BCUT2D eigenvalue weighted by Crippen LogP contribution is 2.35. The van der Waals surface area contributed by atoms with Gasteiger partial charge in [-0.05, 0) is 42.6 Å². The number of nitrogens with zero attached hydrogens (tertiary/aromatic N) is 1. The number of benzene rings is 2. The molecule has 1 unspecified atom stereocenters. The summed E-state index contributed by atoms with van der Waals surface area (Å²) >= 11 is 0. The van der Waals surface area contributed by atoms with E-state index >= 15 is 0 Å². The van der Waals surface area contributed by atoms with E-state index in [1.165, 1.54) is 27.1 Å². The second kappa shape index (κ2) is 5.15. The van der Waals surface area contributed by atoms with Crippen LogP contribution >= 0.6 is 0 Å². The van der Waals surface area contributed by atoms with Crippen LogP contribution in [0.5, 0.6) is 0 Å². The predicted molar refractivity (Wildman–Crippen MR) is 90.5 cm³/mol. The fourth-order valence-electron chi connectivity index (χ4n) is 3.25. The van der Waals surface area contributed by atoms with Crippen molar-refractivity contribution in [2.75, 3.05) is 20.6 Å². The lowest BCUT2D eigenvalue weighted by atomic mass is 9.99. The molecule has 1 heterocycles. The molecule has 0 saturated carbocycles. The van der Waals surface area contributed by atoms with Crippen molar-refractivity contribution in [2.24, 2.45) is 0 Å². The van der Waals surface area contributed by atoms with Gasteiger partial charge in [0.25, 0.3) is 0 Å². The predicted octanol–water partition coefficient (Wildman–Crippen LogP) is 1.98. The molecule has 2 heteroatoms. The van der Waals surface area contributed by atoms with Gasteiger partial charge in [-0.25, -0.2) is 0 Å². The summed E-state index contributed by atoms with van der Waals surface area (Å²) in [6.45, 7) is 0.890. The molecule has 0 saturated heterocycles. The van der Waals surface area contributed by atoms with E-state index in [9.17, 15) is 0 Å². The van der Waals surface area contributed by atoms with Crippen molar-refractivity contribution in [3.8, 4) is 0 Å². The molecular formula is C20H19NO. The Morgan fingerprint density at radius 1 is 1.00 bits per heavy atom. The number of ether oxygens (including phenoxy) is 1. The molecule has 1 atom stereocenters. The standard InChI is InChI=1S/C20H19NO/c1-21(2)13-16-12-19-17-9-5-3-7-14(17)11-15-8-4-6-10-18(15)20(19)22-16/h3-12,16H,13H2,1-2H3. The third kappa shape index (κ3) is 2.16. The molecule has 0 radical (unpaired) electrons. The summed E-state index contributed by atoms with van der Waals surface area (Å²) in [5.41, 5.74) is 3.74. The van der Waals surface area contributed by atoms with E-state index in [1.54, 1.807) is 0 Å². The molecule has 2 aromatic rings. The van der Waals surface area contributed by atoms with Crippen LogP contribution in [0.25, 0.3) is 17.4 Å². The van der Waals surface area contributed by atoms with Crippen LogP contribution in [0.1, 0.15) is 11.1 Å². The second-order valence-corrected chi connectivity index (χ2v) is 6.15. The fraction of sp³-hybridized carbons (Fsp3) is 0.200. The van der Waals surface area contributed by atoms with E-state index < -0.39 is 0 Å². The molecule has 0 aromatic heterocycles. The van der Waals surface area contributed by atoms with Gasteiger partial charge in [0, 0.05) is 17.3 Å². The van der Waals surface area contributed by atoms with Gasteiger partial charge >= 0.3 is 0 Å². The Labute approximate surface area is 130 Å². The van der Waals surface area contributed by atoms with Gasteiger partial charge in [0.1, 0.15) is 11.9 Å².